The van der Waals surface area contributed by atoms with E-state index in [9.17, 15) is 0 Å². The minimum Gasteiger partial charge on any atom is -0.394 e. The molecule has 3 fully saturated rings. The SMILES string of the molecule is C1CN2CCN1CC2.C=CC.C=CC.OCCO. The van der Waals surface area contributed by atoms with E-state index in [1.165, 1.54) is 39.3 Å². The maximum atomic E-state index is 7.62. The van der Waals surface area contributed by atoms with Crippen LogP contribution in [0, 0.1) is 0 Å². The molecule has 3 saturated heterocycles. The summed E-state index contributed by atoms with van der Waals surface area (Å²) >= 11 is 0. The molecule has 3 aliphatic rings. The highest BCUT2D eigenvalue weighted by Gasteiger charge is 2.21. The Morgan fingerprint density at radius 3 is 1.00 bits per heavy atom. The Kier molecular flexibility index (Phi) is 17.8. The summed E-state index contributed by atoms with van der Waals surface area (Å²) in [5.41, 5.74) is 0. The summed E-state index contributed by atoms with van der Waals surface area (Å²) in [6.07, 6.45) is 3.50. The molecule has 2 bridgehead atoms. The Morgan fingerprint density at radius 1 is 0.778 bits per heavy atom. The Bertz CT molecular complexity index is 148. The van der Waals surface area contributed by atoms with E-state index in [1.807, 2.05) is 13.8 Å². The van der Waals surface area contributed by atoms with Gasteiger partial charge in [0.1, 0.15) is 0 Å². The molecule has 0 spiro atoms. The molecule has 0 amide bonds. The van der Waals surface area contributed by atoms with Crippen molar-refractivity contribution in [1.29, 1.82) is 0 Å². The maximum Gasteiger partial charge on any atom is 0.0662 e. The number of hydrogen-bond donors (Lipinski definition) is 2. The van der Waals surface area contributed by atoms with E-state index in [1.54, 1.807) is 12.2 Å². The van der Waals surface area contributed by atoms with Crippen LogP contribution >= 0.6 is 0 Å². The van der Waals surface area contributed by atoms with Crippen LogP contribution < -0.4 is 0 Å². The largest absolute Gasteiger partial charge is 0.394 e. The fourth-order valence-electron chi connectivity index (χ4n) is 1.52. The zero-order chi connectivity index (χ0) is 14.2. The minimum absolute atomic E-state index is 0.125. The van der Waals surface area contributed by atoms with E-state index < -0.39 is 0 Å². The Morgan fingerprint density at radius 2 is 0.944 bits per heavy atom. The molecule has 4 nitrogen and oxygen atoms in total. The number of piperazine rings is 3. The molecule has 2 N–H and O–H groups in total. The van der Waals surface area contributed by atoms with Gasteiger partial charge in [0.25, 0.3) is 0 Å². The summed E-state index contributed by atoms with van der Waals surface area (Å²) in [5, 5.41) is 15.2. The molecule has 0 aromatic heterocycles. The summed E-state index contributed by atoms with van der Waals surface area (Å²) in [4.78, 5) is 5.08. The van der Waals surface area contributed by atoms with E-state index in [-0.39, 0.29) is 13.2 Å². The van der Waals surface area contributed by atoms with Crippen molar-refractivity contribution in [3.63, 3.8) is 0 Å². The first-order valence-electron chi connectivity index (χ1n) is 6.50. The van der Waals surface area contributed by atoms with Crippen LogP contribution in [0.25, 0.3) is 0 Å². The van der Waals surface area contributed by atoms with Gasteiger partial charge in [-0.2, -0.15) is 0 Å². The zero-order valence-corrected chi connectivity index (χ0v) is 12.0. The van der Waals surface area contributed by atoms with Crippen molar-refractivity contribution in [2.45, 2.75) is 13.8 Å². The highest BCUT2D eigenvalue weighted by atomic mass is 16.3. The van der Waals surface area contributed by atoms with Crippen LogP contribution in [0.15, 0.2) is 25.3 Å². The number of rotatable bonds is 1. The number of allylic oxidation sites excluding steroid dienone is 2. The normalized spacial score (nSPS) is 23.1. The third kappa shape index (κ3) is 13.4. The van der Waals surface area contributed by atoms with E-state index in [0.29, 0.717) is 0 Å². The monoisotopic (exact) mass is 258 g/mol. The molecule has 0 saturated carbocycles. The van der Waals surface area contributed by atoms with Gasteiger partial charge in [0.2, 0.25) is 0 Å². The highest BCUT2D eigenvalue weighted by Crippen LogP contribution is 2.06. The van der Waals surface area contributed by atoms with Crippen molar-refractivity contribution < 1.29 is 10.2 Å². The van der Waals surface area contributed by atoms with Crippen molar-refractivity contribution in [3.05, 3.63) is 25.3 Å². The number of nitrogens with zero attached hydrogens (tertiary/aromatic N) is 2. The molecular formula is C14H30N2O2. The van der Waals surface area contributed by atoms with Crippen LogP contribution in [-0.4, -0.2) is 72.5 Å². The molecule has 4 heteroatoms. The van der Waals surface area contributed by atoms with Gasteiger partial charge in [0, 0.05) is 39.3 Å². The lowest BCUT2D eigenvalue weighted by atomic mass is 10.2. The van der Waals surface area contributed by atoms with Gasteiger partial charge in [0.15, 0.2) is 0 Å². The third-order valence-corrected chi connectivity index (χ3v) is 2.30. The van der Waals surface area contributed by atoms with Gasteiger partial charge < -0.3 is 10.2 Å². The third-order valence-electron chi connectivity index (χ3n) is 2.30. The smallest absolute Gasteiger partial charge is 0.0662 e. The maximum absolute atomic E-state index is 7.62. The highest BCUT2D eigenvalue weighted by molar-refractivity contribution is 4.78. The first-order chi connectivity index (χ1) is 8.69. The van der Waals surface area contributed by atoms with Crippen molar-refractivity contribution in [2.75, 3.05) is 52.5 Å². The van der Waals surface area contributed by atoms with Crippen LogP contribution in [0.3, 0.4) is 0 Å². The molecule has 0 radical (unpaired) electrons. The predicted molar refractivity (Wildman–Crippen MR) is 78.8 cm³/mol. The van der Waals surface area contributed by atoms with Crippen molar-refractivity contribution in [1.82, 2.24) is 9.80 Å². The van der Waals surface area contributed by atoms with Gasteiger partial charge in [-0.05, 0) is 13.8 Å². The van der Waals surface area contributed by atoms with Gasteiger partial charge in [-0.3, -0.25) is 9.80 Å². The Hall–Kier alpha value is -0.680. The van der Waals surface area contributed by atoms with Crippen LogP contribution in [0.2, 0.25) is 0 Å². The molecule has 3 heterocycles. The van der Waals surface area contributed by atoms with Crippen molar-refractivity contribution in [3.8, 4) is 0 Å². The van der Waals surface area contributed by atoms with Crippen molar-refractivity contribution >= 4 is 0 Å². The fraction of sp³-hybridized carbons (Fsp3) is 0.714. The zero-order valence-electron chi connectivity index (χ0n) is 12.0. The lowest BCUT2D eigenvalue weighted by Gasteiger charge is -2.41. The molecule has 18 heavy (non-hydrogen) atoms. The van der Waals surface area contributed by atoms with Gasteiger partial charge in [0.05, 0.1) is 13.2 Å². The topological polar surface area (TPSA) is 46.9 Å². The standard InChI is InChI=1S/C6H12N2.2C3H6.C2H6O2/c1-2-8-5-3-7(1)4-6-8;2*1-3-2;3-1-2-4/h1-6H2;2*3H,1H2,2H3;3-4H,1-2H2. The lowest BCUT2D eigenvalue weighted by Crippen LogP contribution is -2.55. The Labute approximate surface area is 112 Å². The van der Waals surface area contributed by atoms with E-state index in [2.05, 4.69) is 23.0 Å². The second-order valence-corrected chi connectivity index (χ2v) is 3.95. The van der Waals surface area contributed by atoms with Gasteiger partial charge in [-0.15, -0.1) is 13.2 Å². The van der Waals surface area contributed by atoms with Gasteiger partial charge in [-0.25, -0.2) is 0 Å². The predicted octanol–water partition coefficient (Wildman–Crippen LogP) is 0.973. The molecule has 108 valence electrons. The summed E-state index contributed by atoms with van der Waals surface area (Å²) in [6, 6.07) is 0. The second kappa shape index (κ2) is 16.3. The van der Waals surface area contributed by atoms with Crippen LogP contribution in [0.4, 0.5) is 0 Å². The number of fused-ring (bicyclic) bond motifs is 3. The molecular weight excluding hydrogens is 228 g/mol. The molecule has 3 rings (SSSR count). The minimum atomic E-state index is -0.125. The first-order valence-corrected chi connectivity index (χ1v) is 6.50. The van der Waals surface area contributed by atoms with E-state index in [4.69, 9.17) is 10.2 Å². The molecule has 0 unspecified atom stereocenters. The summed E-state index contributed by atoms with van der Waals surface area (Å²) in [7, 11) is 0. The molecule has 0 aromatic rings. The van der Waals surface area contributed by atoms with Crippen LogP contribution in [0.5, 0.6) is 0 Å². The van der Waals surface area contributed by atoms with Crippen molar-refractivity contribution in [2.24, 2.45) is 0 Å². The Balaban J connectivity index is 0. The molecule has 0 aromatic carbocycles. The van der Waals surface area contributed by atoms with Crippen LogP contribution in [-0.2, 0) is 0 Å². The van der Waals surface area contributed by atoms with Gasteiger partial charge in [-0.1, -0.05) is 12.2 Å². The van der Waals surface area contributed by atoms with Crippen LogP contribution in [0.1, 0.15) is 13.8 Å². The number of aliphatic hydroxyl groups excluding tert-OH is 2. The first kappa shape index (κ1) is 19.7. The quantitative estimate of drug-likeness (QED) is 0.688. The van der Waals surface area contributed by atoms with Gasteiger partial charge >= 0.3 is 0 Å². The molecule has 0 atom stereocenters. The summed E-state index contributed by atoms with van der Waals surface area (Å²) in [5.74, 6) is 0. The molecule has 3 aliphatic heterocycles. The number of aliphatic hydroxyl groups is 2. The fourth-order valence-corrected chi connectivity index (χ4v) is 1.52. The molecule has 0 aliphatic carbocycles. The summed E-state index contributed by atoms with van der Waals surface area (Å²) < 4.78 is 0. The van der Waals surface area contributed by atoms with E-state index in [0.717, 1.165) is 0 Å². The second-order valence-electron chi connectivity index (χ2n) is 3.95. The van der Waals surface area contributed by atoms with E-state index >= 15 is 0 Å². The number of hydrogen-bond acceptors (Lipinski definition) is 4. The summed E-state index contributed by atoms with van der Waals surface area (Å²) in [6.45, 7) is 18.2. The average molecular weight is 258 g/mol. The average Bonchev–Trinajstić information content (AvgIpc) is 2.43. The lowest BCUT2D eigenvalue weighted by molar-refractivity contribution is 0.0647.